The molecule has 0 saturated carbocycles. The largest absolute Gasteiger partial charge is 0.465 e. The van der Waals surface area contributed by atoms with Crippen molar-refractivity contribution in [3.63, 3.8) is 0 Å². The molecule has 4 nitrogen and oxygen atoms in total. The van der Waals surface area contributed by atoms with Crippen molar-refractivity contribution in [2.24, 2.45) is 0 Å². The summed E-state index contributed by atoms with van der Waals surface area (Å²) in [7, 11) is 5.55. The van der Waals surface area contributed by atoms with Crippen LogP contribution in [0.25, 0.3) is 10.9 Å². The summed E-state index contributed by atoms with van der Waals surface area (Å²) in [6.07, 6.45) is 0. The first-order valence-electron chi connectivity index (χ1n) is 11.4. The highest BCUT2D eigenvalue weighted by molar-refractivity contribution is 5.93. The number of fused-ring (bicyclic) bond motifs is 1. The SMILES string of the molecule is CCn1c(C)c(C(c2ccc(N(C)C)cc2C)c2ccccc2C(=O)OC)c2ccccc21. The van der Waals surface area contributed by atoms with E-state index in [9.17, 15) is 4.79 Å². The van der Waals surface area contributed by atoms with Crippen LogP contribution in [0.3, 0.4) is 0 Å². The van der Waals surface area contributed by atoms with E-state index in [2.05, 4.69) is 92.9 Å². The fourth-order valence-electron chi connectivity index (χ4n) is 5.01. The van der Waals surface area contributed by atoms with Crippen LogP contribution in [-0.4, -0.2) is 31.7 Å². The molecule has 1 atom stereocenters. The third kappa shape index (κ3) is 3.91. The Morgan fingerprint density at radius 1 is 0.970 bits per heavy atom. The van der Waals surface area contributed by atoms with Crippen LogP contribution in [0, 0.1) is 13.8 Å². The molecule has 3 aromatic carbocycles. The Kier molecular flexibility index (Phi) is 6.28. The number of hydrogen-bond acceptors (Lipinski definition) is 3. The molecular weight excluding hydrogens is 408 g/mol. The topological polar surface area (TPSA) is 34.5 Å². The maximum Gasteiger partial charge on any atom is 0.338 e. The van der Waals surface area contributed by atoms with E-state index in [4.69, 9.17) is 4.74 Å². The molecule has 0 aliphatic rings. The number of aryl methyl sites for hydroxylation is 2. The van der Waals surface area contributed by atoms with Gasteiger partial charge < -0.3 is 14.2 Å². The van der Waals surface area contributed by atoms with Gasteiger partial charge in [-0.25, -0.2) is 4.79 Å². The van der Waals surface area contributed by atoms with Gasteiger partial charge >= 0.3 is 5.97 Å². The van der Waals surface area contributed by atoms with Gasteiger partial charge in [0, 0.05) is 48.8 Å². The number of carbonyl (C=O) groups excluding carboxylic acids is 1. The summed E-state index contributed by atoms with van der Waals surface area (Å²) in [6.45, 7) is 7.41. The highest BCUT2D eigenvalue weighted by Crippen LogP contribution is 2.42. The van der Waals surface area contributed by atoms with E-state index < -0.39 is 0 Å². The highest BCUT2D eigenvalue weighted by Gasteiger charge is 2.29. The minimum atomic E-state index is -0.310. The fourth-order valence-corrected chi connectivity index (χ4v) is 5.01. The summed E-state index contributed by atoms with van der Waals surface area (Å²) in [6, 6.07) is 23.0. The first-order chi connectivity index (χ1) is 15.9. The van der Waals surface area contributed by atoms with Crippen molar-refractivity contribution in [3.05, 3.63) is 100 Å². The first-order valence-corrected chi connectivity index (χ1v) is 11.4. The van der Waals surface area contributed by atoms with Crippen molar-refractivity contribution in [1.82, 2.24) is 4.57 Å². The Morgan fingerprint density at radius 3 is 2.33 bits per heavy atom. The molecule has 0 spiro atoms. The average Bonchev–Trinajstić information content (AvgIpc) is 3.11. The minimum Gasteiger partial charge on any atom is -0.465 e. The lowest BCUT2D eigenvalue weighted by Gasteiger charge is -2.25. The third-order valence-corrected chi connectivity index (χ3v) is 6.64. The van der Waals surface area contributed by atoms with Crippen molar-refractivity contribution in [3.8, 4) is 0 Å². The van der Waals surface area contributed by atoms with Gasteiger partial charge in [-0.15, -0.1) is 0 Å². The zero-order chi connectivity index (χ0) is 23.7. The predicted octanol–water partition coefficient (Wildman–Crippen LogP) is 6.31. The number of nitrogens with zero attached hydrogens (tertiary/aromatic N) is 2. The number of hydrogen-bond donors (Lipinski definition) is 0. The van der Waals surface area contributed by atoms with Gasteiger partial charge in [-0.1, -0.05) is 42.5 Å². The number of aromatic nitrogens is 1. The van der Waals surface area contributed by atoms with Gasteiger partial charge in [0.15, 0.2) is 0 Å². The van der Waals surface area contributed by atoms with Crippen LogP contribution in [0.5, 0.6) is 0 Å². The molecule has 33 heavy (non-hydrogen) atoms. The molecule has 4 rings (SSSR count). The molecule has 1 aromatic heterocycles. The molecule has 170 valence electrons. The standard InChI is InChI=1S/C29H32N2O2/c1-7-31-20(3)27(25-14-10-11-15-26(25)31)28(22-17-16-21(30(4)5)18-19(22)2)23-12-8-9-13-24(23)29(32)33-6/h8-18,28H,7H2,1-6H3. The van der Waals surface area contributed by atoms with E-state index >= 15 is 0 Å². The second-order valence-electron chi connectivity index (χ2n) is 8.71. The number of carbonyl (C=O) groups is 1. The third-order valence-electron chi connectivity index (χ3n) is 6.64. The molecule has 0 fully saturated rings. The quantitative estimate of drug-likeness (QED) is 0.330. The number of methoxy groups -OCH3 is 1. The molecule has 0 saturated heterocycles. The summed E-state index contributed by atoms with van der Waals surface area (Å²) in [5, 5.41) is 1.22. The van der Waals surface area contributed by atoms with Crippen LogP contribution in [0.15, 0.2) is 66.7 Å². The number of para-hydroxylation sites is 1. The molecule has 0 N–H and O–H groups in total. The Morgan fingerprint density at radius 2 is 1.67 bits per heavy atom. The monoisotopic (exact) mass is 440 g/mol. The van der Waals surface area contributed by atoms with E-state index in [1.807, 2.05) is 18.2 Å². The number of anilines is 1. The van der Waals surface area contributed by atoms with E-state index in [0.717, 1.165) is 17.8 Å². The molecule has 0 amide bonds. The van der Waals surface area contributed by atoms with E-state index in [0.29, 0.717) is 5.56 Å². The summed E-state index contributed by atoms with van der Waals surface area (Å²) in [4.78, 5) is 14.9. The van der Waals surface area contributed by atoms with Crippen LogP contribution < -0.4 is 4.90 Å². The van der Waals surface area contributed by atoms with Gasteiger partial charge in [-0.2, -0.15) is 0 Å². The second kappa shape index (κ2) is 9.14. The number of ether oxygens (including phenoxy) is 1. The highest BCUT2D eigenvalue weighted by atomic mass is 16.5. The van der Waals surface area contributed by atoms with Gasteiger partial charge in [0.25, 0.3) is 0 Å². The van der Waals surface area contributed by atoms with Crippen LogP contribution in [-0.2, 0) is 11.3 Å². The summed E-state index contributed by atoms with van der Waals surface area (Å²) >= 11 is 0. The van der Waals surface area contributed by atoms with Crippen molar-refractivity contribution in [1.29, 1.82) is 0 Å². The van der Waals surface area contributed by atoms with Crippen LogP contribution in [0.1, 0.15) is 51.1 Å². The van der Waals surface area contributed by atoms with Gasteiger partial charge in [-0.3, -0.25) is 0 Å². The molecule has 0 bridgehead atoms. The Hall–Kier alpha value is -3.53. The maximum absolute atomic E-state index is 12.8. The smallest absolute Gasteiger partial charge is 0.338 e. The lowest BCUT2D eigenvalue weighted by atomic mass is 9.79. The molecule has 0 aliphatic carbocycles. The lowest BCUT2D eigenvalue weighted by molar-refractivity contribution is 0.0599. The van der Waals surface area contributed by atoms with E-state index in [1.165, 1.54) is 40.4 Å². The zero-order valence-electron chi connectivity index (χ0n) is 20.3. The fraction of sp³-hybridized carbons (Fsp3) is 0.276. The molecule has 1 unspecified atom stereocenters. The van der Waals surface area contributed by atoms with E-state index in [1.54, 1.807) is 0 Å². The number of rotatable bonds is 6. The predicted molar refractivity (Wildman–Crippen MR) is 137 cm³/mol. The minimum absolute atomic E-state index is 0.103. The van der Waals surface area contributed by atoms with Crippen molar-refractivity contribution in [2.45, 2.75) is 33.2 Å². The second-order valence-corrected chi connectivity index (χ2v) is 8.71. The Labute approximate surface area is 196 Å². The molecule has 0 radical (unpaired) electrons. The van der Waals surface area contributed by atoms with Gasteiger partial charge in [0.2, 0.25) is 0 Å². The zero-order valence-corrected chi connectivity index (χ0v) is 20.3. The summed E-state index contributed by atoms with van der Waals surface area (Å²) in [5.41, 5.74) is 8.79. The first kappa shape index (κ1) is 22.7. The van der Waals surface area contributed by atoms with Gasteiger partial charge in [-0.05, 0) is 67.3 Å². The van der Waals surface area contributed by atoms with Gasteiger partial charge in [0.05, 0.1) is 12.7 Å². The molecule has 4 aromatic rings. The molecule has 4 heteroatoms. The summed E-state index contributed by atoms with van der Waals surface area (Å²) < 4.78 is 7.54. The summed E-state index contributed by atoms with van der Waals surface area (Å²) in [5.74, 6) is -0.413. The van der Waals surface area contributed by atoms with Crippen LogP contribution in [0.2, 0.25) is 0 Å². The van der Waals surface area contributed by atoms with Gasteiger partial charge in [0.1, 0.15) is 0 Å². The molecule has 0 aliphatic heterocycles. The lowest BCUT2D eigenvalue weighted by Crippen LogP contribution is -2.14. The molecular formula is C29H32N2O2. The number of esters is 1. The van der Waals surface area contributed by atoms with Crippen LogP contribution in [0.4, 0.5) is 5.69 Å². The Balaban J connectivity index is 2.09. The van der Waals surface area contributed by atoms with Crippen molar-refractivity contribution >= 4 is 22.6 Å². The average molecular weight is 441 g/mol. The van der Waals surface area contributed by atoms with E-state index in [-0.39, 0.29) is 11.9 Å². The Bertz CT molecular complexity index is 1320. The normalized spacial score (nSPS) is 12.1. The molecule has 1 heterocycles. The maximum atomic E-state index is 12.8. The van der Waals surface area contributed by atoms with Crippen LogP contribution >= 0.6 is 0 Å². The van der Waals surface area contributed by atoms with Crippen molar-refractivity contribution in [2.75, 3.05) is 26.1 Å². The number of benzene rings is 3. The van der Waals surface area contributed by atoms with Crippen molar-refractivity contribution < 1.29 is 9.53 Å².